The van der Waals surface area contributed by atoms with Crippen molar-refractivity contribution in [3.63, 3.8) is 0 Å². The summed E-state index contributed by atoms with van der Waals surface area (Å²) in [6.07, 6.45) is 1.44. The number of hydrogen-bond donors (Lipinski definition) is 2. The Bertz CT molecular complexity index is 1390. The number of carbonyl (C=O) groups is 2. The fourth-order valence-electron chi connectivity index (χ4n) is 3.49. The average Bonchev–Trinajstić information content (AvgIpc) is 2.90. The van der Waals surface area contributed by atoms with E-state index in [9.17, 15) is 14.9 Å². The Labute approximate surface area is 230 Å². The summed E-state index contributed by atoms with van der Waals surface area (Å²) in [7, 11) is 1.46. The number of halogens is 1. The number of anilines is 2. The first-order valence-electron chi connectivity index (χ1n) is 11.8. The molecule has 0 unspecified atom stereocenters. The predicted molar refractivity (Wildman–Crippen MR) is 151 cm³/mol. The number of amides is 2. The highest BCUT2D eigenvalue weighted by Crippen LogP contribution is 2.37. The van der Waals surface area contributed by atoms with Gasteiger partial charge in [-0.3, -0.25) is 9.59 Å². The Balaban J connectivity index is 1.72. The van der Waals surface area contributed by atoms with Crippen molar-refractivity contribution in [3.8, 4) is 23.3 Å². The lowest BCUT2D eigenvalue weighted by Gasteiger charge is -2.15. The molecule has 2 amide bonds. The largest absolute Gasteiger partial charge is 0.494 e. The number of benzene rings is 3. The van der Waals surface area contributed by atoms with Gasteiger partial charge in [-0.05, 0) is 102 Å². The summed E-state index contributed by atoms with van der Waals surface area (Å²) in [6, 6.07) is 17.7. The van der Waals surface area contributed by atoms with Crippen LogP contribution in [0.4, 0.5) is 11.4 Å². The van der Waals surface area contributed by atoms with Gasteiger partial charge in [0.1, 0.15) is 17.4 Å². The Kier molecular flexibility index (Phi) is 9.91. The molecule has 0 atom stereocenters. The number of nitrogens with one attached hydrogen (secondary N) is 2. The zero-order chi connectivity index (χ0) is 27.7. The third-order valence-electron chi connectivity index (χ3n) is 5.58. The van der Waals surface area contributed by atoms with Crippen LogP contribution in [0.25, 0.3) is 6.08 Å². The van der Waals surface area contributed by atoms with Gasteiger partial charge < -0.3 is 24.8 Å². The second-order valence-electron chi connectivity index (χ2n) is 8.20. The van der Waals surface area contributed by atoms with Crippen molar-refractivity contribution >= 4 is 45.2 Å². The zero-order valence-electron chi connectivity index (χ0n) is 21.6. The summed E-state index contributed by atoms with van der Waals surface area (Å²) < 4.78 is 17.1. The van der Waals surface area contributed by atoms with Crippen molar-refractivity contribution < 1.29 is 23.8 Å². The van der Waals surface area contributed by atoms with Gasteiger partial charge in [0.2, 0.25) is 0 Å². The first-order valence-corrected chi connectivity index (χ1v) is 12.6. The first-order chi connectivity index (χ1) is 18.2. The number of rotatable bonds is 10. The third kappa shape index (κ3) is 7.37. The summed E-state index contributed by atoms with van der Waals surface area (Å²) in [4.78, 5) is 25.2. The standard InChI is InChI=1S/C29H28BrN3O5/c1-5-37-23-11-9-22(10-12-23)32-29(35)21(16-31)13-20-14-24(30)28(26(15-20)36-4)38-17-27(34)33-25-8-6-7-18(2)19(25)3/h6-15H,5,17H2,1-4H3,(H,32,35)(H,33,34)/b21-13+. The molecule has 0 aromatic heterocycles. The number of methoxy groups -OCH3 is 1. The van der Waals surface area contributed by atoms with Crippen molar-refractivity contribution in [2.45, 2.75) is 20.8 Å². The number of hydrogen-bond acceptors (Lipinski definition) is 6. The lowest BCUT2D eigenvalue weighted by atomic mass is 10.1. The molecule has 0 spiro atoms. The fraction of sp³-hybridized carbons (Fsp3) is 0.207. The van der Waals surface area contributed by atoms with Gasteiger partial charge >= 0.3 is 0 Å². The molecule has 0 saturated carbocycles. The van der Waals surface area contributed by atoms with Crippen molar-refractivity contribution in [2.24, 2.45) is 0 Å². The van der Waals surface area contributed by atoms with Gasteiger partial charge in [0, 0.05) is 11.4 Å². The van der Waals surface area contributed by atoms with Crippen LogP contribution in [0, 0.1) is 25.2 Å². The van der Waals surface area contributed by atoms with E-state index in [0.29, 0.717) is 39.6 Å². The van der Waals surface area contributed by atoms with E-state index in [-0.39, 0.29) is 18.1 Å². The summed E-state index contributed by atoms with van der Waals surface area (Å²) in [6.45, 7) is 6.09. The molecule has 8 nitrogen and oxygen atoms in total. The quantitative estimate of drug-likeness (QED) is 0.224. The lowest BCUT2D eigenvalue weighted by Crippen LogP contribution is -2.21. The zero-order valence-corrected chi connectivity index (χ0v) is 23.1. The van der Waals surface area contributed by atoms with Crippen LogP contribution < -0.4 is 24.8 Å². The van der Waals surface area contributed by atoms with Crippen LogP contribution in [-0.2, 0) is 9.59 Å². The molecule has 0 heterocycles. The molecular formula is C29H28BrN3O5. The SMILES string of the molecule is CCOc1ccc(NC(=O)/C(C#N)=C/c2cc(Br)c(OCC(=O)Nc3cccc(C)c3C)c(OC)c2)cc1. The molecule has 0 radical (unpaired) electrons. The van der Waals surface area contributed by atoms with Crippen LogP contribution in [0.15, 0.2) is 64.6 Å². The molecule has 0 fully saturated rings. The van der Waals surface area contributed by atoms with Crippen LogP contribution in [0.1, 0.15) is 23.6 Å². The molecule has 9 heteroatoms. The van der Waals surface area contributed by atoms with E-state index >= 15 is 0 Å². The summed E-state index contributed by atoms with van der Waals surface area (Å²) in [5.41, 5.74) is 3.73. The minimum absolute atomic E-state index is 0.102. The number of nitrogens with zero attached hydrogens (tertiary/aromatic N) is 1. The van der Waals surface area contributed by atoms with Gasteiger partial charge in [-0.25, -0.2) is 0 Å². The normalized spacial score (nSPS) is 10.8. The van der Waals surface area contributed by atoms with E-state index in [1.54, 1.807) is 36.4 Å². The second kappa shape index (κ2) is 13.3. The second-order valence-corrected chi connectivity index (χ2v) is 9.05. The Morgan fingerprint density at radius 1 is 1.05 bits per heavy atom. The number of carbonyl (C=O) groups excluding carboxylic acids is 2. The molecule has 38 heavy (non-hydrogen) atoms. The molecule has 196 valence electrons. The minimum atomic E-state index is -0.560. The molecule has 3 aromatic rings. The summed E-state index contributed by atoms with van der Waals surface area (Å²) in [5.74, 6) is 0.445. The van der Waals surface area contributed by atoms with Crippen LogP contribution in [-0.4, -0.2) is 32.1 Å². The molecule has 3 rings (SSSR count). The van der Waals surface area contributed by atoms with E-state index in [0.717, 1.165) is 16.8 Å². The van der Waals surface area contributed by atoms with Crippen molar-refractivity contribution in [1.82, 2.24) is 0 Å². The molecular weight excluding hydrogens is 550 g/mol. The monoisotopic (exact) mass is 577 g/mol. The van der Waals surface area contributed by atoms with Crippen LogP contribution in [0.3, 0.4) is 0 Å². The predicted octanol–water partition coefficient (Wildman–Crippen LogP) is 6.04. The first kappa shape index (κ1) is 28.3. The summed E-state index contributed by atoms with van der Waals surface area (Å²) in [5, 5.41) is 15.1. The molecule has 0 aliphatic heterocycles. The summed E-state index contributed by atoms with van der Waals surface area (Å²) >= 11 is 3.44. The molecule has 0 aliphatic carbocycles. The van der Waals surface area contributed by atoms with Crippen molar-refractivity contribution in [2.75, 3.05) is 31.0 Å². The smallest absolute Gasteiger partial charge is 0.266 e. The van der Waals surface area contributed by atoms with E-state index in [1.165, 1.54) is 13.2 Å². The Morgan fingerprint density at radius 3 is 2.45 bits per heavy atom. The maximum absolute atomic E-state index is 12.7. The van der Waals surface area contributed by atoms with Gasteiger partial charge in [0.25, 0.3) is 11.8 Å². The third-order valence-corrected chi connectivity index (χ3v) is 6.17. The molecule has 0 saturated heterocycles. The van der Waals surface area contributed by atoms with Crippen molar-refractivity contribution in [3.05, 3.63) is 81.3 Å². The van der Waals surface area contributed by atoms with Gasteiger partial charge in [-0.1, -0.05) is 12.1 Å². The molecule has 0 bridgehead atoms. The molecule has 2 N–H and O–H groups in total. The fourth-order valence-corrected chi connectivity index (χ4v) is 4.06. The highest BCUT2D eigenvalue weighted by Gasteiger charge is 2.16. The van der Waals surface area contributed by atoms with E-state index < -0.39 is 5.91 Å². The maximum Gasteiger partial charge on any atom is 0.266 e. The average molecular weight is 578 g/mol. The molecule has 0 aliphatic rings. The van der Waals surface area contributed by atoms with E-state index in [2.05, 4.69) is 26.6 Å². The van der Waals surface area contributed by atoms with Crippen molar-refractivity contribution in [1.29, 1.82) is 5.26 Å². The van der Waals surface area contributed by atoms with Crippen LogP contribution in [0.5, 0.6) is 17.2 Å². The topological polar surface area (TPSA) is 110 Å². The molecule has 3 aromatic carbocycles. The Morgan fingerprint density at radius 2 is 1.79 bits per heavy atom. The highest BCUT2D eigenvalue weighted by molar-refractivity contribution is 9.10. The maximum atomic E-state index is 12.7. The minimum Gasteiger partial charge on any atom is -0.494 e. The van der Waals surface area contributed by atoms with Gasteiger partial charge in [0.05, 0.1) is 18.2 Å². The van der Waals surface area contributed by atoms with Crippen LogP contribution >= 0.6 is 15.9 Å². The van der Waals surface area contributed by atoms with Crippen LogP contribution in [0.2, 0.25) is 0 Å². The van der Waals surface area contributed by atoms with E-state index in [4.69, 9.17) is 14.2 Å². The highest BCUT2D eigenvalue weighted by atomic mass is 79.9. The Hall–Kier alpha value is -4.29. The lowest BCUT2D eigenvalue weighted by molar-refractivity contribution is -0.118. The van der Waals surface area contributed by atoms with E-state index in [1.807, 2.05) is 45.0 Å². The number of nitriles is 1. The van der Waals surface area contributed by atoms with Gasteiger partial charge in [0.15, 0.2) is 18.1 Å². The number of ether oxygens (including phenoxy) is 3. The number of aryl methyl sites for hydroxylation is 1. The van der Waals surface area contributed by atoms with Gasteiger partial charge in [-0.15, -0.1) is 0 Å². The van der Waals surface area contributed by atoms with Gasteiger partial charge in [-0.2, -0.15) is 5.26 Å².